The zero-order valence-corrected chi connectivity index (χ0v) is 15.5. The number of carbonyl (C=O) groups is 2. The van der Waals surface area contributed by atoms with Gasteiger partial charge < -0.3 is 20.1 Å². The minimum absolute atomic E-state index is 0.0728. The van der Waals surface area contributed by atoms with Crippen molar-refractivity contribution in [2.24, 2.45) is 5.92 Å². The fraction of sp³-hybridized carbons (Fsp3) is 0.333. The Hall–Kier alpha value is -2.54. The number of ether oxygens (including phenoxy) is 2. The minimum Gasteiger partial charge on any atom is -0.497 e. The van der Waals surface area contributed by atoms with Gasteiger partial charge in [0.1, 0.15) is 17.5 Å². The van der Waals surface area contributed by atoms with E-state index in [9.17, 15) is 9.59 Å². The van der Waals surface area contributed by atoms with Crippen LogP contribution in [0.15, 0.2) is 35.7 Å². The largest absolute Gasteiger partial charge is 0.497 e. The normalized spacial score (nSPS) is 11.7. The van der Waals surface area contributed by atoms with Crippen LogP contribution < -0.4 is 20.1 Å². The molecule has 0 spiro atoms. The molecule has 1 aromatic heterocycles. The molecule has 25 heavy (non-hydrogen) atoms. The molecule has 0 fully saturated rings. The van der Waals surface area contributed by atoms with Gasteiger partial charge in [0.15, 0.2) is 0 Å². The molecule has 1 heterocycles. The molecule has 2 aromatic rings. The van der Waals surface area contributed by atoms with Gasteiger partial charge in [-0.05, 0) is 17.4 Å². The number of hydrogen-bond acceptors (Lipinski definition) is 5. The van der Waals surface area contributed by atoms with Crippen molar-refractivity contribution in [2.45, 2.75) is 19.9 Å². The van der Waals surface area contributed by atoms with Gasteiger partial charge in [0, 0.05) is 23.9 Å². The third kappa shape index (κ3) is 4.96. The summed E-state index contributed by atoms with van der Waals surface area (Å²) in [5.41, 5.74) is 0.539. The number of amides is 2. The Labute approximate surface area is 151 Å². The molecule has 0 bridgehead atoms. The first-order valence-corrected chi connectivity index (χ1v) is 8.71. The second-order valence-corrected chi connectivity index (χ2v) is 6.71. The number of anilines is 1. The summed E-state index contributed by atoms with van der Waals surface area (Å²) >= 11 is 1.33. The predicted molar refractivity (Wildman–Crippen MR) is 98.6 cm³/mol. The third-order valence-corrected chi connectivity index (χ3v) is 4.47. The van der Waals surface area contributed by atoms with E-state index >= 15 is 0 Å². The van der Waals surface area contributed by atoms with Crippen molar-refractivity contribution in [3.8, 4) is 11.5 Å². The van der Waals surface area contributed by atoms with Crippen molar-refractivity contribution < 1.29 is 19.1 Å². The Balaban J connectivity index is 2.14. The van der Waals surface area contributed by atoms with Crippen LogP contribution in [0.1, 0.15) is 23.5 Å². The summed E-state index contributed by atoms with van der Waals surface area (Å²) in [6.07, 6.45) is 0. The van der Waals surface area contributed by atoms with Crippen LogP contribution in [-0.4, -0.2) is 32.1 Å². The highest BCUT2D eigenvalue weighted by Gasteiger charge is 2.25. The quantitative estimate of drug-likeness (QED) is 0.793. The molecule has 1 atom stereocenters. The maximum atomic E-state index is 12.7. The first-order valence-electron chi connectivity index (χ1n) is 7.83. The van der Waals surface area contributed by atoms with E-state index in [2.05, 4.69) is 10.6 Å². The first-order chi connectivity index (χ1) is 11.9. The maximum Gasteiger partial charge on any atom is 0.262 e. The number of thiophene rings is 1. The van der Waals surface area contributed by atoms with Gasteiger partial charge in [-0.25, -0.2) is 0 Å². The summed E-state index contributed by atoms with van der Waals surface area (Å²) in [6, 6.07) is 7.97. The molecule has 0 unspecified atom stereocenters. The fourth-order valence-corrected chi connectivity index (χ4v) is 2.88. The molecule has 0 saturated carbocycles. The van der Waals surface area contributed by atoms with Crippen LogP contribution in [0, 0.1) is 5.92 Å². The van der Waals surface area contributed by atoms with Gasteiger partial charge in [-0.1, -0.05) is 19.9 Å². The summed E-state index contributed by atoms with van der Waals surface area (Å²) in [4.78, 5) is 25.5. The smallest absolute Gasteiger partial charge is 0.262 e. The molecular weight excluding hydrogens is 340 g/mol. The van der Waals surface area contributed by atoms with E-state index in [1.807, 2.05) is 19.2 Å². The molecule has 7 heteroatoms. The second-order valence-electron chi connectivity index (χ2n) is 5.76. The van der Waals surface area contributed by atoms with E-state index in [1.54, 1.807) is 44.6 Å². The topological polar surface area (TPSA) is 76.7 Å². The molecule has 0 saturated heterocycles. The lowest BCUT2D eigenvalue weighted by Gasteiger charge is -2.21. The number of rotatable bonds is 7. The molecule has 134 valence electrons. The van der Waals surface area contributed by atoms with Crippen LogP contribution in [0.25, 0.3) is 0 Å². The minimum atomic E-state index is -0.660. The van der Waals surface area contributed by atoms with E-state index in [1.165, 1.54) is 11.3 Å². The van der Waals surface area contributed by atoms with Crippen LogP contribution in [0.5, 0.6) is 11.5 Å². The third-order valence-electron chi connectivity index (χ3n) is 3.60. The zero-order valence-electron chi connectivity index (χ0n) is 14.7. The van der Waals surface area contributed by atoms with Gasteiger partial charge in [0.25, 0.3) is 5.91 Å². The van der Waals surface area contributed by atoms with Crippen LogP contribution >= 0.6 is 11.3 Å². The fourth-order valence-electron chi connectivity index (χ4n) is 2.25. The van der Waals surface area contributed by atoms with Crippen LogP contribution in [0.2, 0.25) is 0 Å². The van der Waals surface area contributed by atoms with Gasteiger partial charge in [0.2, 0.25) is 5.91 Å². The maximum absolute atomic E-state index is 12.7. The van der Waals surface area contributed by atoms with Crippen LogP contribution in [0.4, 0.5) is 5.69 Å². The number of benzene rings is 1. The summed E-state index contributed by atoms with van der Waals surface area (Å²) < 4.78 is 10.4. The first kappa shape index (κ1) is 18.8. The summed E-state index contributed by atoms with van der Waals surface area (Å²) in [7, 11) is 3.08. The predicted octanol–water partition coefficient (Wildman–Crippen LogP) is 3.16. The van der Waals surface area contributed by atoms with E-state index < -0.39 is 6.04 Å². The van der Waals surface area contributed by atoms with Crippen molar-refractivity contribution in [1.29, 1.82) is 0 Å². The Morgan fingerprint density at radius 3 is 2.20 bits per heavy atom. The van der Waals surface area contributed by atoms with Crippen molar-refractivity contribution in [2.75, 3.05) is 19.5 Å². The lowest BCUT2D eigenvalue weighted by molar-refractivity contribution is -0.118. The van der Waals surface area contributed by atoms with E-state index in [0.717, 1.165) is 0 Å². The summed E-state index contributed by atoms with van der Waals surface area (Å²) in [5, 5.41) is 7.43. The highest BCUT2D eigenvalue weighted by atomic mass is 32.1. The molecule has 2 amide bonds. The molecule has 0 aliphatic heterocycles. The van der Waals surface area contributed by atoms with Crippen molar-refractivity contribution in [3.05, 3.63) is 40.6 Å². The number of methoxy groups -OCH3 is 2. The second kappa shape index (κ2) is 8.53. The standard InChI is InChI=1S/C18H22N2O4S/c1-11(2)16(20-17(21)15-6-5-7-25-15)18(22)19-12-8-13(23-3)10-14(9-12)24-4/h5-11,16H,1-4H3,(H,19,22)(H,20,21)/t16-/m0/s1. The van der Waals surface area contributed by atoms with Crippen molar-refractivity contribution in [1.82, 2.24) is 5.32 Å². The number of hydrogen-bond donors (Lipinski definition) is 2. The molecular formula is C18H22N2O4S. The van der Waals surface area contributed by atoms with Gasteiger partial charge in [0.05, 0.1) is 19.1 Å². The van der Waals surface area contributed by atoms with Gasteiger partial charge >= 0.3 is 0 Å². The van der Waals surface area contributed by atoms with Crippen molar-refractivity contribution in [3.63, 3.8) is 0 Å². The molecule has 0 radical (unpaired) electrons. The van der Waals surface area contributed by atoms with Gasteiger partial charge in [-0.2, -0.15) is 0 Å². The molecule has 2 N–H and O–H groups in total. The van der Waals surface area contributed by atoms with Gasteiger partial charge in [-0.15, -0.1) is 11.3 Å². The van der Waals surface area contributed by atoms with E-state index in [-0.39, 0.29) is 17.7 Å². The Morgan fingerprint density at radius 2 is 1.72 bits per heavy atom. The Kier molecular flexibility index (Phi) is 6.41. The molecule has 2 rings (SSSR count). The monoisotopic (exact) mass is 362 g/mol. The molecule has 6 nitrogen and oxygen atoms in total. The van der Waals surface area contributed by atoms with E-state index in [0.29, 0.717) is 22.1 Å². The lowest BCUT2D eigenvalue weighted by atomic mass is 10.0. The zero-order chi connectivity index (χ0) is 18.4. The van der Waals surface area contributed by atoms with Crippen LogP contribution in [0.3, 0.4) is 0 Å². The lowest BCUT2D eigenvalue weighted by Crippen LogP contribution is -2.46. The highest BCUT2D eigenvalue weighted by Crippen LogP contribution is 2.26. The Bertz CT molecular complexity index is 706. The molecule has 0 aliphatic carbocycles. The molecule has 1 aromatic carbocycles. The Morgan fingerprint density at radius 1 is 1.08 bits per heavy atom. The SMILES string of the molecule is COc1cc(NC(=O)[C@@H](NC(=O)c2cccs2)C(C)C)cc(OC)c1. The van der Waals surface area contributed by atoms with E-state index in [4.69, 9.17) is 9.47 Å². The van der Waals surface area contributed by atoms with Gasteiger partial charge in [-0.3, -0.25) is 9.59 Å². The molecule has 0 aliphatic rings. The summed E-state index contributed by atoms with van der Waals surface area (Å²) in [6.45, 7) is 3.76. The average molecular weight is 362 g/mol. The average Bonchev–Trinajstić information content (AvgIpc) is 3.13. The number of carbonyl (C=O) groups excluding carboxylic acids is 2. The van der Waals surface area contributed by atoms with Crippen LogP contribution in [-0.2, 0) is 4.79 Å². The number of nitrogens with one attached hydrogen (secondary N) is 2. The van der Waals surface area contributed by atoms with Crippen molar-refractivity contribution >= 4 is 28.8 Å². The highest BCUT2D eigenvalue weighted by molar-refractivity contribution is 7.12. The summed E-state index contributed by atoms with van der Waals surface area (Å²) in [5.74, 6) is 0.510.